The van der Waals surface area contributed by atoms with Gasteiger partial charge in [0.15, 0.2) is 0 Å². The van der Waals surface area contributed by atoms with Gasteiger partial charge in [0.25, 0.3) is 0 Å². The summed E-state index contributed by atoms with van der Waals surface area (Å²) in [5, 5.41) is 0. The molecule has 2 heterocycles. The van der Waals surface area contributed by atoms with Crippen molar-refractivity contribution < 1.29 is 4.52 Å². The van der Waals surface area contributed by atoms with Gasteiger partial charge in [-0.05, 0) is 43.3 Å². The van der Waals surface area contributed by atoms with Crippen molar-refractivity contribution in [3.63, 3.8) is 0 Å². The van der Waals surface area contributed by atoms with Gasteiger partial charge in [0.1, 0.15) is 0 Å². The average molecular weight is 234 g/mol. The topological polar surface area (TPSA) is 12.5 Å². The molecule has 2 saturated heterocycles. The Morgan fingerprint density at radius 2 is 2.07 bits per heavy atom. The molecule has 14 heavy (non-hydrogen) atoms. The van der Waals surface area contributed by atoms with E-state index in [-0.39, 0.29) is 5.60 Å². The van der Waals surface area contributed by atoms with Crippen LogP contribution in [0.15, 0.2) is 0 Å². The second kappa shape index (κ2) is 3.59. The Labute approximate surface area is 91.6 Å². The molecular formula is C10H17ClNOP. The molecular weight excluding hydrogens is 217 g/mol. The lowest BCUT2D eigenvalue weighted by Gasteiger charge is -2.44. The van der Waals surface area contributed by atoms with Gasteiger partial charge >= 0.3 is 0 Å². The molecule has 1 spiro atoms. The molecule has 1 saturated carbocycles. The maximum absolute atomic E-state index is 6.36. The van der Waals surface area contributed by atoms with E-state index in [1.54, 1.807) is 0 Å². The molecule has 3 aliphatic rings. The molecule has 2 aliphatic heterocycles. The third-order valence-electron chi connectivity index (χ3n) is 3.94. The Bertz CT molecular complexity index is 232. The van der Waals surface area contributed by atoms with Gasteiger partial charge in [-0.3, -0.25) is 0 Å². The van der Waals surface area contributed by atoms with Gasteiger partial charge in [-0.15, -0.1) is 0 Å². The Morgan fingerprint density at radius 3 is 2.86 bits per heavy atom. The summed E-state index contributed by atoms with van der Waals surface area (Å²) >= 11 is 6.36. The predicted molar refractivity (Wildman–Crippen MR) is 59.4 cm³/mol. The highest BCUT2D eigenvalue weighted by Crippen LogP contribution is 2.61. The molecule has 2 unspecified atom stereocenters. The molecule has 0 aromatic heterocycles. The van der Waals surface area contributed by atoms with Crippen LogP contribution in [0.2, 0.25) is 0 Å². The number of halogens is 1. The Hall–Kier alpha value is 0.640. The second-order valence-electron chi connectivity index (χ2n) is 4.87. The van der Waals surface area contributed by atoms with Crippen molar-refractivity contribution in [2.24, 2.45) is 0 Å². The lowest BCUT2D eigenvalue weighted by atomic mass is 9.92. The number of hydrogen-bond donors (Lipinski definition) is 0. The zero-order valence-corrected chi connectivity index (χ0v) is 10.1. The summed E-state index contributed by atoms with van der Waals surface area (Å²) in [5.74, 6) is 0. The minimum Gasteiger partial charge on any atom is -0.325 e. The molecule has 3 fully saturated rings. The van der Waals surface area contributed by atoms with Gasteiger partial charge in [0.2, 0.25) is 7.65 Å². The van der Waals surface area contributed by atoms with Gasteiger partial charge in [0.05, 0.1) is 5.60 Å². The predicted octanol–water partition coefficient (Wildman–Crippen LogP) is 3.65. The average Bonchev–Trinajstić information content (AvgIpc) is 2.75. The molecule has 0 radical (unpaired) electrons. The Kier molecular flexibility index (Phi) is 2.52. The molecule has 1 aliphatic carbocycles. The van der Waals surface area contributed by atoms with E-state index in [4.69, 9.17) is 15.8 Å². The van der Waals surface area contributed by atoms with Gasteiger partial charge in [-0.25, -0.2) is 4.67 Å². The van der Waals surface area contributed by atoms with Gasteiger partial charge in [-0.1, -0.05) is 12.8 Å². The molecule has 0 amide bonds. The van der Waals surface area contributed by atoms with Crippen LogP contribution in [0.3, 0.4) is 0 Å². The summed E-state index contributed by atoms with van der Waals surface area (Å²) in [7, 11) is -0.786. The van der Waals surface area contributed by atoms with E-state index in [2.05, 4.69) is 4.67 Å². The fourth-order valence-electron chi connectivity index (χ4n) is 3.23. The summed E-state index contributed by atoms with van der Waals surface area (Å²) in [6, 6.07) is 0.741. The molecule has 0 aromatic carbocycles. The van der Waals surface area contributed by atoms with E-state index in [0.29, 0.717) is 0 Å². The van der Waals surface area contributed by atoms with E-state index in [1.165, 1.54) is 44.9 Å². The minimum absolute atomic E-state index is 0.193. The van der Waals surface area contributed by atoms with Crippen molar-refractivity contribution in [3.8, 4) is 0 Å². The highest BCUT2D eigenvalue weighted by molar-refractivity contribution is 7.78. The zero-order valence-electron chi connectivity index (χ0n) is 8.41. The smallest absolute Gasteiger partial charge is 0.207 e. The second-order valence-corrected chi connectivity index (χ2v) is 6.89. The summed E-state index contributed by atoms with van der Waals surface area (Å²) in [4.78, 5) is 0. The van der Waals surface area contributed by atoms with Crippen molar-refractivity contribution >= 4 is 18.9 Å². The highest BCUT2D eigenvalue weighted by atomic mass is 35.7. The maximum Gasteiger partial charge on any atom is 0.207 e. The van der Waals surface area contributed by atoms with Crippen LogP contribution in [0, 0.1) is 0 Å². The fourth-order valence-corrected chi connectivity index (χ4v) is 5.70. The van der Waals surface area contributed by atoms with Gasteiger partial charge in [-0.2, -0.15) is 0 Å². The van der Waals surface area contributed by atoms with E-state index < -0.39 is 7.65 Å². The van der Waals surface area contributed by atoms with Crippen LogP contribution in [0.4, 0.5) is 0 Å². The molecule has 4 heteroatoms. The summed E-state index contributed by atoms with van der Waals surface area (Å²) in [6.07, 6.45) is 9.09. The van der Waals surface area contributed by atoms with Crippen molar-refractivity contribution in [3.05, 3.63) is 0 Å². The molecule has 0 N–H and O–H groups in total. The van der Waals surface area contributed by atoms with Crippen LogP contribution in [0.25, 0.3) is 0 Å². The normalized spacial score (nSPS) is 41.8. The van der Waals surface area contributed by atoms with Crippen LogP contribution in [-0.2, 0) is 4.52 Å². The number of rotatable bonds is 0. The van der Waals surface area contributed by atoms with Gasteiger partial charge in [0, 0.05) is 12.6 Å². The number of hydrogen-bond acceptors (Lipinski definition) is 2. The fraction of sp³-hybridized carbons (Fsp3) is 1.00. The third-order valence-corrected chi connectivity index (χ3v) is 6.20. The number of nitrogens with zero attached hydrogens (tertiary/aromatic N) is 1. The molecule has 2 nitrogen and oxygen atoms in total. The van der Waals surface area contributed by atoms with Crippen molar-refractivity contribution in [2.45, 2.75) is 56.6 Å². The molecule has 80 valence electrons. The van der Waals surface area contributed by atoms with E-state index >= 15 is 0 Å². The van der Waals surface area contributed by atoms with Crippen LogP contribution in [0.1, 0.15) is 44.9 Å². The van der Waals surface area contributed by atoms with Gasteiger partial charge < -0.3 is 4.52 Å². The lowest BCUT2D eigenvalue weighted by molar-refractivity contribution is 0.0310. The summed E-state index contributed by atoms with van der Waals surface area (Å²) in [6.45, 7) is 1.16. The first-order chi connectivity index (χ1) is 6.79. The quantitative estimate of drug-likeness (QED) is 0.592. The zero-order chi connectivity index (χ0) is 9.60. The third kappa shape index (κ3) is 1.51. The monoisotopic (exact) mass is 233 g/mol. The van der Waals surface area contributed by atoms with E-state index in [9.17, 15) is 0 Å². The standard InChI is InChI=1S/C10H17ClNOP/c11-14-12-7-3-4-9(12)8-10(13-14)5-1-2-6-10/h9H,1-8H2. The summed E-state index contributed by atoms with van der Waals surface area (Å²) in [5.41, 5.74) is 0.193. The van der Waals surface area contributed by atoms with Crippen molar-refractivity contribution in [2.75, 3.05) is 6.54 Å². The van der Waals surface area contributed by atoms with E-state index in [1.807, 2.05) is 0 Å². The lowest BCUT2D eigenvalue weighted by Crippen LogP contribution is -2.42. The SMILES string of the molecule is ClP1OC2(CCCC2)CC2CCCN21. The first kappa shape index (κ1) is 9.84. The Balaban J connectivity index is 1.79. The largest absolute Gasteiger partial charge is 0.325 e. The van der Waals surface area contributed by atoms with Crippen LogP contribution in [0.5, 0.6) is 0 Å². The molecule has 3 rings (SSSR count). The maximum atomic E-state index is 6.36. The van der Waals surface area contributed by atoms with Crippen molar-refractivity contribution in [1.82, 2.24) is 4.67 Å². The van der Waals surface area contributed by atoms with Crippen LogP contribution in [-0.4, -0.2) is 22.9 Å². The first-order valence-electron chi connectivity index (χ1n) is 5.71. The van der Waals surface area contributed by atoms with Crippen molar-refractivity contribution in [1.29, 1.82) is 0 Å². The highest BCUT2D eigenvalue weighted by Gasteiger charge is 2.48. The van der Waals surface area contributed by atoms with Crippen LogP contribution >= 0.6 is 18.9 Å². The summed E-state index contributed by atoms with van der Waals surface area (Å²) < 4.78 is 8.51. The molecule has 0 aromatic rings. The molecule has 0 bridgehead atoms. The minimum atomic E-state index is -0.786. The number of fused-ring (bicyclic) bond motifs is 1. The van der Waals surface area contributed by atoms with Crippen LogP contribution < -0.4 is 0 Å². The Morgan fingerprint density at radius 1 is 1.29 bits per heavy atom. The molecule has 2 atom stereocenters. The first-order valence-corrected chi connectivity index (χ1v) is 7.82. The van der Waals surface area contributed by atoms with E-state index in [0.717, 1.165) is 12.6 Å².